The molecule has 5 nitrogen and oxygen atoms in total. The molecule has 1 fully saturated rings. The predicted molar refractivity (Wildman–Crippen MR) is 128 cm³/mol. The van der Waals surface area contributed by atoms with Crippen molar-refractivity contribution in [3.8, 4) is 5.75 Å². The summed E-state index contributed by atoms with van der Waals surface area (Å²) >= 11 is 3.57. The molecular formula is C26H32BrNO4. The second-order valence-corrected chi connectivity index (χ2v) is 11.0. The van der Waals surface area contributed by atoms with Crippen molar-refractivity contribution >= 4 is 33.4 Å². The smallest absolute Gasteiger partial charge is 0.315 e. The maximum atomic E-state index is 13.5. The van der Waals surface area contributed by atoms with E-state index in [1.807, 2.05) is 25.1 Å². The lowest BCUT2D eigenvalue weighted by Crippen LogP contribution is -2.40. The van der Waals surface area contributed by atoms with Gasteiger partial charge in [-0.2, -0.15) is 0 Å². The van der Waals surface area contributed by atoms with Gasteiger partial charge in [-0.15, -0.1) is 0 Å². The zero-order chi connectivity index (χ0) is 23.0. The third-order valence-corrected chi connectivity index (χ3v) is 7.55. The van der Waals surface area contributed by atoms with E-state index in [1.165, 1.54) is 6.42 Å². The van der Waals surface area contributed by atoms with Crippen LogP contribution < -0.4 is 4.74 Å². The largest absolute Gasteiger partial charge is 0.496 e. The molecule has 0 saturated heterocycles. The average molecular weight is 502 g/mol. The molecule has 0 aromatic heterocycles. The molecule has 1 saturated carbocycles. The fourth-order valence-corrected chi connectivity index (χ4v) is 5.97. The summed E-state index contributed by atoms with van der Waals surface area (Å²) in [5, 5.41) is 0. The van der Waals surface area contributed by atoms with E-state index in [4.69, 9.17) is 14.5 Å². The van der Waals surface area contributed by atoms with Gasteiger partial charge in [0.15, 0.2) is 5.78 Å². The number of hydrogen-bond acceptors (Lipinski definition) is 5. The number of Topliss-reactive ketones (excluding diaryl/α,β-unsaturated/α-hetero) is 1. The van der Waals surface area contributed by atoms with Gasteiger partial charge in [0.2, 0.25) is 0 Å². The Labute approximate surface area is 198 Å². The van der Waals surface area contributed by atoms with Gasteiger partial charge in [-0.1, -0.05) is 26.3 Å². The number of methoxy groups -OCH3 is 1. The topological polar surface area (TPSA) is 65.0 Å². The minimum atomic E-state index is -0.596. The number of hydrogen-bond donors (Lipinski definition) is 0. The van der Waals surface area contributed by atoms with Crippen molar-refractivity contribution in [2.24, 2.45) is 16.3 Å². The lowest BCUT2D eigenvalue weighted by Gasteiger charge is -2.39. The van der Waals surface area contributed by atoms with Crippen molar-refractivity contribution in [3.05, 3.63) is 39.5 Å². The SMILES string of the molecule is COc1ccc([C@@H]2C3=C(CC(C)(C)CC3=O)N=C(C)C2C(=O)OC2CCCCC2)cc1Br. The molecule has 0 N–H and O–H groups in total. The number of nitrogens with zero attached hydrogens (tertiary/aromatic N) is 1. The van der Waals surface area contributed by atoms with Crippen LogP contribution in [0.3, 0.4) is 0 Å². The van der Waals surface area contributed by atoms with Gasteiger partial charge in [0, 0.05) is 29.3 Å². The van der Waals surface area contributed by atoms with Crippen LogP contribution >= 0.6 is 15.9 Å². The van der Waals surface area contributed by atoms with Crippen LogP contribution in [0.15, 0.2) is 38.9 Å². The first-order valence-electron chi connectivity index (χ1n) is 11.6. The highest BCUT2D eigenvalue weighted by atomic mass is 79.9. The molecule has 2 aliphatic carbocycles. The molecule has 2 atom stereocenters. The van der Waals surface area contributed by atoms with Gasteiger partial charge in [0.05, 0.1) is 11.6 Å². The van der Waals surface area contributed by atoms with Gasteiger partial charge in [-0.25, -0.2) is 0 Å². The molecule has 1 unspecified atom stereocenters. The lowest BCUT2D eigenvalue weighted by molar-refractivity contribution is -0.153. The molecule has 32 heavy (non-hydrogen) atoms. The van der Waals surface area contributed by atoms with Crippen molar-refractivity contribution < 1.29 is 19.1 Å². The molecule has 1 aromatic rings. The summed E-state index contributed by atoms with van der Waals surface area (Å²) in [7, 11) is 1.62. The summed E-state index contributed by atoms with van der Waals surface area (Å²) in [5.41, 5.74) is 2.99. The minimum absolute atomic E-state index is 0.0383. The van der Waals surface area contributed by atoms with Gasteiger partial charge in [0.25, 0.3) is 0 Å². The third kappa shape index (κ3) is 4.57. The summed E-state index contributed by atoms with van der Waals surface area (Å²) in [4.78, 5) is 31.7. The van der Waals surface area contributed by atoms with Gasteiger partial charge in [-0.05, 0) is 78.1 Å². The highest BCUT2D eigenvalue weighted by molar-refractivity contribution is 9.10. The molecule has 0 spiro atoms. The van der Waals surface area contributed by atoms with Crippen LogP contribution in [0.25, 0.3) is 0 Å². The molecule has 0 radical (unpaired) electrons. The second-order valence-electron chi connectivity index (χ2n) is 10.1. The van der Waals surface area contributed by atoms with E-state index in [9.17, 15) is 9.59 Å². The second kappa shape index (κ2) is 9.12. The maximum absolute atomic E-state index is 13.5. The molecule has 0 bridgehead atoms. The Bertz CT molecular complexity index is 988. The van der Waals surface area contributed by atoms with Crippen LogP contribution in [0.1, 0.15) is 77.2 Å². The van der Waals surface area contributed by atoms with Gasteiger partial charge < -0.3 is 9.47 Å². The van der Waals surface area contributed by atoms with Crippen LogP contribution in [0.4, 0.5) is 0 Å². The predicted octanol–water partition coefficient (Wildman–Crippen LogP) is 6.15. The van der Waals surface area contributed by atoms with E-state index in [1.54, 1.807) is 7.11 Å². The number of rotatable bonds is 4. The van der Waals surface area contributed by atoms with Crippen LogP contribution in [0.5, 0.6) is 5.75 Å². The van der Waals surface area contributed by atoms with E-state index < -0.39 is 11.8 Å². The van der Waals surface area contributed by atoms with E-state index in [0.717, 1.165) is 53.5 Å². The van der Waals surface area contributed by atoms with E-state index in [0.29, 0.717) is 17.7 Å². The van der Waals surface area contributed by atoms with Crippen molar-refractivity contribution in [2.45, 2.75) is 77.7 Å². The number of ketones is 1. The maximum Gasteiger partial charge on any atom is 0.315 e. The Kier molecular flexibility index (Phi) is 6.62. The molecule has 1 aromatic carbocycles. The molecule has 0 amide bonds. The van der Waals surface area contributed by atoms with Gasteiger partial charge in [0.1, 0.15) is 17.8 Å². The number of benzene rings is 1. The first-order chi connectivity index (χ1) is 15.2. The molecule has 172 valence electrons. The molecule has 6 heteroatoms. The van der Waals surface area contributed by atoms with E-state index in [2.05, 4.69) is 29.8 Å². The summed E-state index contributed by atoms with van der Waals surface area (Å²) in [6.07, 6.45) is 6.34. The fourth-order valence-electron chi connectivity index (χ4n) is 5.41. The third-order valence-electron chi connectivity index (χ3n) is 6.93. The van der Waals surface area contributed by atoms with Crippen LogP contribution in [0, 0.1) is 11.3 Å². The zero-order valence-corrected chi connectivity index (χ0v) is 21.0. The fraction of sp³-hybridized carbons (Fsp3) is 0.577. The summed E-state index contributed by atoms with van der Waals surface area (Å²) in [6.45, 7) is 6.10. The standard InChI is InChI=1S/C26H32BrNO4/c1-15-22(25(30)32-17-8-6-5-7-9-17)23(16-10-11-21(31-4)18(27)12-16)24-19(28-15)13-26(2,3)14-20(24)29/h10-12,17,22-23H,5-9,13-14H2,1-4H3/t22?,23-/m0/s1. The number of halogens is 1. The van der Waals surface area contributed by atoms with Gasteiger partial charge >= 0.3 is 5.97 Å². The average Bonchev–Trinajstić information content (AvgIpc) is 2.72. The Morgan fingerprint density at radius 1 is 1.16 bits per heavy atom. The number of allylic oxidation sites excluding steroid dienone is 2. The summed E-state index contributed by atoms with van der Waals surface area (Å²) < 4.78 is 12.2. The normalized spacial score (nSPS) is 25.8. The minimum Gasteiger partial charge on any atom is -0.496 e. The van der Waals surface area contributed by atoms with Crippen LogP contribution in [0.2, 0.25) is 0 Å². The number of esters is 1. The molecule has 1 aliphatic heterocycles. The van der Waals surface area contributed by atoms with Crippen molar-refractivity contribution in [1.29, 1.82) is 0 Å². The Hall–Kier alpha value is -1.95. The molecule has 4 rings (SSSR count). The Morgan fingerprint density at radius 3 is 2.53 bits per heavy atom. The van der Waals surface area contributed by atoms with Crippen LogP contribution in [-0.2, 0) is 14.3 Å². The van der Waals surface area contributed by atoms with Crippen molar-refractivity contribution in [3.63, 3.8) is 0 Å². The first kappa shape index (κ1) is 23.2. The summed E-state index contributed by atoms with van der Waals surface area (Å²) in [5.74, 6) is -0.466. The van der Waals surface area contributed by atoms with E-state index in [-0.39, 0.29) is 23.3 Å². The Morgan fingerprint density at radius 2 is 1.88 bits per heavy atom. The first-order valence-corrected chi connectivity index (χ1v) is 12.3. The number of carbonyl (C=O) groups excluding carboxylic acids is 2. The Balaban J connectivity index is 1.77. The van der Waals surface area contributed by atoms with Crippen molar-refractivity contribution in [1.82, 2.24) is 0 Å². The van der Waals surface area contributed by atoms with Crippen molar-refractivity contribution in [2.75, 3.05) is 7.11 Å². The highest BCUT2D eigenvalue weighted by Crippen LogP contribution is 2.48. The lowest BCUT2D eigenvalue weighted by atomic mass is 9.67. The number of ether oxygens (including phenoxy) is 2. The van der Waals surface area contributed by atoms with E-state index >= 15 is 0 Å². The highest BCUT2D eigenvalue weighted by Gasteiger charge is 2.46. The quantitative estimate of drug-likeness (QED) is 0.464. The zero-order valence-electron chi connectivity index (χ0n) is 19.4. The van der Waals surface area contributed by atoms with Crippen LogP contribution in [-0.4, -0.2) is 30.7 Å². The molecule has 1 heterocycles. The summed E-state index contributed by atoms with van der Waals surface area (Å²) in [6, 6.07) is 5.79. The molecular weight excluding hydrogens is 470 g/mol. The number of aliphatic imine (C=N–C) groups is 1. The number of carbonyl (C=O) groups is 2. The molecule has 3 aliphatic rings. The monoisotopic (exact) mass is 501 g/mol. The van der Waals surface area contributed by atoms with Gasteiger partial charge in [-0.3, -0.25) is 14.6 Å².